The number of nitrogens with one attached hydrogen (secondary N) is 1. The SMILES string of the molecule is CSCC(C)C(=O)NCC(O)c1ccc(Cl)cc1. The molecule has 1 aromatic carbocycles. The molecule has 2 atom stereocenters. The van der Waals surface area contributed by atoms with E-state index in [9.17, 15) is 9.90 Å². The number of thioether (sulfide) groups is 1. The van der Waals surface area contributed by atoms with Gasteiger partial charge >= 0.3 is 0 Å². The number of aliphatic hydroxyl groups excluding tert-OH is 1. The molecule has 0 fully saturated rings. The van der Waals surface area contributed by atoms with Gasteiger partial charge in [0.2, 0.25) is 5.91 Å². The zero-order valence-corrected chi connectivity index (χ0v) is 12.1. The number of hydrogen-bond donors (Lipinski definition) is 2. The Morgan fingerprint density at radius 3 is 2.61 bits per heavy atom. The first-order valence-electron chi connectivity index (χ1n) is 5.74. The summed E-state index contributed by atoms with van der Waals surface area (Å²) < 4.78 is 0. The first-order chi connectivity index (χ1) is 8.54. The van der Waals surface area contributed by atoms with Crippen molar-refractivity contribution in [2.75, 3.05) is 18.6 Å². The van der Waals surface area contributed by atoms with E-state index in [2.05, 4.69) is 5.32 Å². The van der Waals surface area contributed by atoms with Crippen molar-refractivity contribution in [3.05, 3.63) is 34.9 Å². The van der Waals surface area contributed by atoms with E-state index in [1.54, 1.807) is 36.0 Å². The number of carbonyl (C=O) groups excluding carboxylic acids is 1. The van der Waals surface area contributed by atoms with E-state index in [0.717, 1.165) is 11.3 Å². The Balaban J connectivity index is 2.43. The highest BCUT2D eigenvalue weighted by Crippen LogP contribution is 2.16. The molecule has 0 heterocycles. The normalized spacial score (nSPS) is 14.0. The average molecular weight is 288 g/mol. The van der Waals surface area contributed by atoms with E-state index in [1.165, 1.54) is 0 Å². The molecule has 1 amide bonds. The van der Waals surface area contributed by atoms with Crippen LogP contribution in [0, 0.1) is 5.92 Å². The largest absolute Gasteiger partial charge is 0.387 e. The molecule has 2 unspecified atom stereocenters. The van der Waals surface area contributed by atoms with Crippen LogP contribution in [0.15, 0.2) is 24.3 Å². The molecule has 2 N–H and O–H groups in total. The number of aliphatic hydroxyl groups is 1. The Morgan fingerprint density at radius 2 is 2.06 bits per heavy atom. The van der Waals surface area contributed by atoms with Gasteiger partial charge in [-0.3, -0.25) is 4.79 Å². The number of carbonyl (C=O) groups is 1. The molecule has 0 bridgehead atoms. The van der Waals surface area contributed by atoms with Crippen LogP contribution in [0.4, 0.5) is 0 Å². The molecule has 18 heavy (non-hydrogen) atoms. The summed E-state index contributed by atoms with van der Waals surface area (Å²) >= 11 is 7.40. The van der Waals surface area contributed by atoms with Gasteiger partial charge in [-0.2, -0.15) is 11.8 Å². The summed E-state index contributed by atoms with van der Waals surface area (Å²) in [5.74, 6) is 0.706. The standard InChI is InChI=1S/C13H18ClNO2S/c1-9(8-18-2)13(17)15-7-12(16)10-3-5-11(14)6-4-10/h3-6,9,12,16H,7-8H2,1-2H3,(H,15,17). The minimum Gasteiger partial charge on any atom is -0.387 e. The lowest BCUT2D eigenvalue weighted by molar-refractivity contribution is -0.124. The van der Waals surface area contributed by atoms with Gasteiger partial charge in [-0.05, 0) is 24.0 Å². The van der Waals surface area contributed by atoms with Crippen LogP contribution in [0.1, 0.15) is 18.6 Å². The van der Waals surface area contributed by atoms with Gasteiger partial charge in [-0.25, -0.2) is 0 Å². The number of amides is 1. The van der Waals surface area contributed by atoms with Crippen LogP contribution in [0.3, 0.4) is 0 Å². The fraction of sp³-hybridized carbons (Fsp3) is 0.462. The van der Waals surface area contributed by atoms with Crippen LogP contribution < -0.4 is 5.32 Å². The molecule has 0 saturated heterocycles. The summed E-state index contributed by atoms with van der Waals surface area (Å²) in [4.78, 5) is 11.7. The second-order valence-corrected chi connectivity index (χ2v) is 5.52. The summed E-state index contributed by atoms with van der Waals surface area (Å²) in [5.41, 5.74) is 0.747. The summed E-state index contributed by atoms with van der Waals surface area (Å²) in [7, 11) is 0. The fourth-order valence-electron chi connectivity index (χ4n) is 1.50. The summed E-state index contributed by atoms with van der Waals surface area (Å²) in [6.07, 6.45) is 1.26. The molecule has 0 aliphatic heterocycles. The first-order valence-corrected chi connectivity index (χ1v) is 7.52. The maximum atomic E-state index is 11.7. The van der Waals surface area contributed by atoms with Gasteiger partial charge in [0.05, 0.1) is 6.10 Å². The minimum absolute atomic E-state index is 0.0302. The van der Waals surface area contributed by atoms with Crippen molar-refractivity contribution in [3.63, 3.8) is 0 Å². The Morgan fingerprint density at radius 1 is 1.44 bits per heavy atom. The van der Waals surface area contributed by atoms with Crippen molar-refractivity contribution in [3.8, 4) is 0 Å². The molecule has 0 spiro atoms. The first kappa shape index (κ1) is 15.3. The smallest absolute Gasteiger partial charge is 0.223 e. The van der Waals surface area contributed by atoms with Gasteiger partial charge in [0.25, 0.3) is 0 Å². The van der Waals surface area contributed by atoms with Crippen molar-refractivity contribution in [1.29, 1.82) is 0 Å². The quantitative estimate of drug-likeness (QED) is 0.845. The predicted molar refractivity (Wildman–Crippen MR) is 77.0 cm³/mol. The topological polar surface area (TPSA) is 49.3 Å². The number of halogens is 1. The van der Waals surface area contributed by atoms with Crippen LogP contribution in [0.25, 0.3) is 0 Å². The molecule has 5 heteroatoms. The summed E-state index contributed by atoms with van der Waals surface area (Å²) in [6, 6.07) is 6.95. The Kier molecular flexibility index (Phi) is 6.54. The monoisotopic (exact) mass is 287 g/mol. The molecule has 100 valence electrons. The number of hydrogen-bond acceptors (Lipinski definition) is 3. The maximum absolute atomic E-state index is 11.7. The van der Waals surface area contributed by atoms with Gasteiger partial charge in [-0.15, -0.1) is 0 Å². The highest BCUT2D eigenvalue weighted by atomic mass is 35.5. The third-order valence-electron chi connectivity index (χ3n) is 2.59. The van der Waals surface area contributed by atoms with Gasteiger partial charge < -0.3 is 10.4 Å². The third-order valence-corrected chi connectivity index (χ3v) is 3.67. The number of benzene rings is 1. The molecule has 0 saturated carbocycles. The van der Waals surface area contributed by atoms with E-state index < -0.39 is 6.10 Å². The molecule has 0 radical (unpaired) electrons. The van der Waals surface area contributed by atoms with E-state index in [1.807, 2.05) is 13.2 Å². The van der Waals surface area contributed by atoms with Crippen molar-refractivity contribution in [2.24, 2.45) is 5.92 Å². The molecule has 0 aromatic heterocycles. The minimum atomic E-state index is -0.701. The highest BCUT2D eigenvalue weighted by molar-refractivity contribution is 7.98. The molecule has 0 aliphatic rings. The van der Waals surface area contributed by atoms with Gasteiger partial charge in [0, 0.05) is 23.2 Å². The second kappa shape index (κ2) is 7.67. The highest BCUT2D eigenvalue weighted by Gasteiger charge is 2.14. The zero-order valence-electron chi connectivity index (χ0n) is 10.5. The van der Waals surface area contributed by atoms with Crippen LogP contribution in [0.5, 0.6) is 0 Å². The van der Waals surface area contributed by atoms with E-state index >= 15 is 0 Å². The fourth-order valence-corrected chi connectivity index (χ4v) is 2.28. The van der Waals surface area contributed by atoms with Gasteiger partial charge in [-0.1, -0.05) is 30.7 Å². The molecule has 1 aromatic rings. The maximum Gasteiger partial charge on any atom is 0.223 e. The third kappa shape index (κ3) is 4.88. The van der Waals surface area contributed by atoms with Crippen LogP contribution >= 0.6 is 23.4 Å². The molecular formula is C13H18ClNO2S. The second-order valence-electron chi connectivity index (χ2n) is 4.17. The van der Waals surface area contributed by atoms with Gasteiger partial charge in [0.1, 0.15) is 0 Å². The van der Waals surface area contributed by atoms with Crippen molar-refractivity contribution < 1.29 is 9.90 Å². The molecule has 0 aliphatic carbocycles. The average Bonchev–Trinajstić information content (AvgIpc) is 2.36. The zero-order chi connectivity index (χ0) is 13.5. The number of rotatable bonds is 6. The van der Waals surface area contributed by atoms with E-state index in [4.69, 9.17) is 11.6 Å². The van der Waals surface area contributed by atoms with Crippen LogP contribution in [0.2, 0.25) is 5.02 Å². The lowest BCUT2D eigenvalue weighted by Gasteiger charge is -2.15. The van der Waals surface area contributed by atoms with E-state index in [0.29, 0.717) is 5.02 Å². The Hall–Kier alpha value is -0.710. The predicted octanol–water partition coefficient (Wildman–Crippen LogP) is 2.49. The lowest BCUT2D eigenvalue weighted by atomic mass is 10.1. The Bertz CT molecular complexity index is 383. The van der Waals surface area contributed by atoms with Crippen LogP contribution in [-0.4, -0.2) is 29.6 Å². The summed E-state index contributed by atoms with van der Waals surface area (Å²) in [5, 5.41) is 13.3. The van der Waals surface area contributed by atoms with Crippen molar-refractivity contribution >= 4 is 29.3 Å². The Labute approximate surface area is 117 Å². The van der Waals surface area contributed by atoms with Crippen molar-refractivity contribution in [1.82, 2.24) is 5.32 Å². The lowest BCUT2D eigenvalue weighted by Crippen LogP contribution is -2.33. The molecular weight excluding hydrogens is 270 g/mol. The van der Waals surface area contributed by atoms with Crippen molar-refractivity contribution in [2.45, 2.75) is 13.0 Å². The van der Waals surface area contributed by atoms with Gasteiger partial charge in [0.15, 0.2) is 0 Å². The summed E-state index contributed by atoms with van der Waals surface area (Å²) in [6.45, 7) is 2.10. The van der Waals surface area contributed by atoms with Crippen LogP contribution in [-0.2, 0) is 4.79 Å². The molecule has 3 nitrogen and oxygen atoms in total. The van der Waals surface area contributed by atoms with E-state index in [-0.39, 0.29) is 18.4 Å². The molecule has 1 rings (SSSR count).